The summed E-state index contributed by atoms with van der Waals surface area (Å²) in [7, 11) is -2.75. The van der Waals surface area contributed by atoms with E-state index in [1.165, 1.54) is 0 Å². The third-order valence-electron chi connectivity index (χ3n) is 1.21. The summed E-state index contributed by atoms with van der Waals surface area (Å²) in [5, 5.41) is 0. The van der Waals surface area contributed by atoms with Gasteiger partial charge in [0.25, 0.3) is 5.99 Å². The van der Waals surface area contributed by atoms with Gasteiger partial charge in [0.15, 0.2) is 0 Å². The van der Waals surface area contributed by atoms with E-state index >= 15 is 0 Å². The van der Waals surface area contributed by atoms with Crippen LogP contribution in [0.3, 0.4) is 0 Å². The van der Waals surface area contributed by atoms with Crippen molar-refractivity contribution in [1.29, 1.82) is 0 Å². The highest BCUT2D eigenvalue weighted by molar-refractivity contribution is 8.18. The van der Waals surface area contributed by atoms with Gasteiger partial charge in [-0.05, 0) is 6.42 Å². The summed E-state index contributed by atoms with van der Waals surface area (Å²) in [5.41, 5.74) is 0. The molecule has 0 bridgehead atoms. The summed E-state index contributed by atoms with van der Waals surface area (Å²) in [6, 6.07) is 0. The van der Waals surface area contributed by atoms with Gasteiger partial charge < -0.3 is 0 Å². The molecule has 0 heterocycles. The van der Waals surface area contributed by atoms with Gasteiger partial charge in [0, 0.05) is 5.75 Å². The van der Waals surface area contributed by atoms with Crippen molar-refractivity contribution in [3.05, 3.63) is 0 Å². The molecule has 0 saturated carbocycles. The Labute approximate surface area is 57.5 Å². The van der Waals surface area contributed by atoms with Crippen molar-refractivity contribution in [3.63, 3.8) is 0 Å². The first-order chi connectivity index (χ1) is 4.00. The molecule has 0 aromatic rings. The standard InChI is InChI=1S/C5H13BO2S/c1-4-5-9(7,8)6(2)3/h4-5H2,1-3H3. The van der Waals surface area contributed by atoms with Crippen molar-refractivity contribution in [3.8, 4) is 0 Å². The Morgan fingerprint density at radius 1 is 1.33 bits per heavy atom. The molecule has 0 aliphatic rings. The average Bonchev–Trinajstić information content (AvgIpc) is 1.65. The molecule has 0 aliphatic carbocycles. The van der Waals surface area contributed by atoms with E-state index in [1.54, 1.807) is 13.6 Å². The van der Waals surface area contributed by atoms with Gasteiger partial charge in [0.2, 0.25) is 0 Å². The fourth-order valence-electron chi connectivity index (χ4n) is 0.520. The molecule has 0 unspecified atom stereocenters. The van der Waals surface area contributed by atoms with E-state index in [0.717, 1.165) is 6.42 Å². The fraction of sp³-hybridized carbons (Fsp3) is 1.00. The second kappa shape index (κ2) is 3.25. The maximum Gasteiger partial charge on any atom is 0.285 e. The monoisotopic (exact) mass is 148 g/mol. The first-order valence-electron chi connectivity index (χ1n) is 3.22. The lowest BCUT2D eigenvalue weighted by Gasteiger charge is -2.00. The topological polar surface area (TPSA) is 34.1 Å². The lowest BCUT2D eigenvalue weighted by molar-refractivity contribution is 0.607. The normalized spacial score (nSPS) is 11.4. The lowest BCUT2D eigenvalue weighted by atomic mass is 9.84. The third kappa shape index (κ3) is 2.89. The Morgan fingerprint density at radius 3 is 1.89 bits per heavy atom. The molecule has 0 spiro atoms. The van der Waals surface area contributed by atoms with E-state index < -0.39 is 9.69 Å². The van der Waals surface area contributed by atoms with Crippen LogP contribution in [-0.2, 0) is 9.69 Å². The Bertz CT molecular complexity index is 160. The molecule has 0 aromatic heterocycles. The summed E-state index contributed by atoms with van der Waals surface area (Å²) in [6.45, 7) is 5.30. The van der Waals surface area contributed by atoms with Crippen LogP contribution in [0.1, 0.15) is 13.3 Å². The number of hydrogen-bond donors (Lipinski definition) is 0. The van der Waals surface area contributed by atoms with Crippen molar-refractivity contribution >= 4 is 15.7 Å². The highest BCUT2D eigenvalue weighted by atomic mass is 32.2. The van der Waals surface area contributed by atoms with Crippen LogP contribution < -0.4 is 0 Å². The SMILES string of the molecule is CCCS(=O)(=O)B(C)C. The van der Waals surface area contributed by atoms with Gasteiger partial charge in [-0.3, -0.25) is 0 Å². The predicted molar refractivity (Wildman–Crippen MR) is 41.6 cm³/mol. The summed E-state index contributed by atoms with van der Waals surface area (Å²) in [5.74, 6) is 0.113. The zero-order chi connectivity index (χ0) is 7.49. The molecule has 2 nitrogen and oxygen atoms in total. The number of rotatable bonds is 3. The van der Waals surface area contributed by atoms with E-state index in [0.29, 0.717) is 5.75 Å². The van der Waals surface area contributed by atoms with Gasteiger partial charge in [0.05, 0.1) is 0 Å². The molecule has 0 N–H and O–H groups in total. The molecule has 0 aromatic carbocycles. The van der Waals surface area contributed by atoms with Gasteiger partial charge in [0.1, 0.15) is 9.69 Å². The van der Waals surface area contributed by atoms with E-state index in [9.17, 15) is 8.42 Å². The molecule has 4 heteroatoms. The van der Waals surface area contributed by atoms with E-state index in [2.05, 4.69) is 0 Å². The van der Waals surface area contributed by atoms with Gasteiger partial charge in [-0.2, -0.15) is 0 Å². The second-order valence-corrected chi connectivity index (χ2v) is 5.09. The van der Waals surface area contributed by atoms with Crippen LogP contribution in [0.2, 0.25) is 13.6 Å². The quantitative estimate of drug-likeness (QED) is 0.560. The van der Waals surface area contributed by atoms with Crippen molar-refractivity contribution in [2.24, 2.45) is 0 Å². The molecular formula is C5H13BO2S. The minimum Gasteiger partial charge on any atom is -0.241 e. The zero-order valence-corrected chi connectivity index (χ0v) is 7.03. The number of hydrogen-bond acceptors (Lipinski definition) is 2. The second-order valence-electron chi connectivity index (χ2n) is 2.42. The van der Waals surface area contributed by atoms with Crippen LogP contribution in [-0.4, -0.2) is 20.2 Å². The van der Waals surface area contributed by atoms with Crippen LogP contribution in [0.4, 0.5) is 0 Å². The minimum absolute atomic E-state index is 0.211. The lowest BCUT2D eigenvalue weighted by Crippen LogP contribution is -2.21. The predicted octanol–water partition coefficient (Wildman–Crippen LogP) is 1.06. The molecule has 0 radical (unpaired) electrons. The Hall–Kier alpha value is 0.0149. The molecule has 0 rings (SSSR count). The van der Waals surface area contributed by atoms with Crippen molar-refractivity contribution in [2.45, 2.75) is 27.0 Å². The van der Waals surface area contributed by atoms with E-state index in [4.69, 9.17) is 0 Å². The molecule has 0 atom stereocenters. The molecule has 0 fully saturated rings. The fourth-order valence-corrected chi connectivity index (χ4v) is 1.56. The van der Waals surface area contributed by atoms with Gasteiger partial charge in [-0.15, -0.1) is 0 Å². The maximum atomic E-state index is 10.9. The van der Waals surface area contributed by atoms with Crippen molar-refractivity contribution in [2.75, 3.05) is 5.75 Å². The van der Waals surface area contributed by atoms with Crippen molar-refractivity contribution < 1.29 is 8.42 Å². The van der Waals surface area contributed by atoms with Gasteiger partial charge >= 0.3 is 0 Å². The Balaban J connectivity index is 4.05. The zero-order valence-electron chi connectivity index (χ0n) is 6.22. The van der Waals surface area contributed by atoms with E-state index in [-0.39, 0.29) is 5.99 Å². The Morgan fingerprint density at radius 2 is 1.78 bits per heavy atom. The molecule has 0 amide bonds. The van der Waals surface area contributed by atoms with Gasteiger partial charge in [-0.25, -0.2) is 8.42 Å². The molecule has 9 heavy (non-hydrogen) atoms. The van der Waals surface area contributed by atoms with Crippen LogP contribution in [0.15, 0.2) is 0 Å². The summed E-state index contributed by atoms with van der Waals surface area (Å²) in [6.07, 6.45) is 0.723. The first-order valence-corrected chi connectivity index (χ1v) is 4.93. The van der Waals surface area contributed by atoms with Crippen LogP contribution >= 0.6 is 0 Å². The molecule has 0 saturated heterocycles. The first kappa shape index (κ1) is 9.01. The largest absolute Gasteiger partial charge is 0.285 e. The third-order valence-corrected chi connectivity index (χ3v) is 3.62. The molecular weight excluding hydrogens is 135 g/mol. The van der Waals surface area contributed by atoms with Crippen LogP contribution in [0.25, 0.3) is 0 Å². The van der Waals surface area contributed by atoms with Gasteiger partial charge in [-0.1, -0.05) is 20.6 Å². The van der Waals surface area contributed by atoms with Crippen LogP contribution in [0.5, 0.6) is 0 Å². The average molecular weight is 148 g/mol. The highest BCUT2D eigenvalue weighted by Gasteiger charge is 2.17. The van der Waals surface area contributed by atoms with Crippen molar-refractivity contribution in [1.82, 2.24) is 0 Å². The minimum atomic E-state index is -2.75. The summed E-state index contributed by atoms with van der Waals surface area (Å²) >= 11 is 0. The molecule has 54 valence electrons. The van der Waals surface area contributed by atoms with E-state index in [1.807, 2.05) is 6.92 Å². The summed E-state index contributed by atoms with van der Waals surface area (Å²) < 4.78 is 21.9. The maximum absolute atomic E-state index is 10.9. The highest BCUT2D eigenvalue weighted by Crippen LogP contribution is 1.98. The Kier molecular flexibility index (Phi) is 3.26. The van der Waals surface area contributed by atoms with Crippen LogP contribution in [0, 0.1) is 0 Å². The smallest absolute Gasteiger partial charge is 0.241 e. The molecule has 0 aliphatic heterocycles. The summed E-state index contributed by atoms with van der Waals surface area (Å²) in [4.78, 5) is 0.